The Morgan fingerprint density at radius 3 is 2.90 bits per heavy atom. The number of hydrogen-bond acceptors (Lipinski definition) is 4. The Hall–Kier alpha value is -2.75. The molecule has 0 saturated heterocycles. The van der Waals surface area contributed by atoms with Gasteiger partial charge in [0, 0.05) is 23.7 Å². The van der Waals surface area contributed by atoms with Crippen LogP contribution in [-0.4, -0.2) is 15.9 Å². The van der Waals surface area contributed by atoms with Crippen LogP contribution in [0.4, 0.5) is 0 Å². The van der Waals surface area contributed by atoms with Gasteiger partial charge in [-0.05, 0) is 24.3 Å². The highest BCUT2D eigenvalue weighted by Crippen LogP contribution is 2.31. The minimum absolute atomic E-state index is 0.302. The lowest BCUT2D eigenvalue weighted by Crippen LogP contribution is -2.05. The van der Waals surface area contributed by atoms with Crippen molar-refractivity contribution in [2.45, 2.75) is 12.5 Å². The molecule has 1 aliphatic rings. The van der Waals surface area contributed by atoms with Crippen molar-refractivity contribution in [1.82, 2.24) is 9.97 Å². The summed E-state index contributed by atoms with van der Waals surface area (Å²) in [7, 11) is 0. The average Bonchev–Trinajstić information content (AvgIpc) is 2.84. The van der Waals surface area contributed by atoms with E-state index in [9.17, 15) is 4.79 Å². The zero-order chi connectivity index (χ0) is 14.2. The molecule has 21 heavy (non-hydrogen) atoms. The lowest BCUT2D eigenvalue weighted by Gasteiger charge is -2.09. The predicted molar refractivity (Wildman–Crippen MR) is 77.8 cm³/mol. The van der Waals surface area contributed by atoms with Gasteiger partial charge < -0.3 is 4.74 Å². The molecule has 3 heterocycles. The first-order valence-electron chi connectivity index (χ1n) is 6.82. The van der Waals surface area contributed by atoms with Crippen molar-refractivity contribution >= 4 is 16.9 Å². The largest absolute Gasteiger partial charge is 0.452 e. The van der Waals surface area contributed by atoms with Gasteiger partial charge in [0.25, 0.3) is 0 Å². The average molecular weight is 276 g/mol. The van der Waals surface area contributed by atoms with Gasteiger partial charge in [0.1, 0.15) is 0 Å². The standard InChI is InChI=1S/C17H12N2O2/c20-17-13-5-3-9-18-16(13)15(21-17)10-12-8-7-11-4-1-2-6-14(11)19-12/h1-9,15H,10H2/t15-/m0/s1. The smallest absolute Gasteiger partial charge is 0.340 e. The third-order valence-electron chi connectivity index (χ3n) is 3.66. The summed E-state index contributed by atoms with van der Waals surface area (Å²) in [5.41, 5.74) is 3.10. The van der Waals surface area contributed by atoms with Crippen molar-refractivity contribution in [3.05, 3.63) is 71.7 Å². The lowest BCUT2D eigenvalue weighted by atomic mass is 10.1. The number of hydrogen-bond donors (Lipinski definition) is 0. The number of fused-ring (bicyclic) bond motifs is 2. The van der Waals surface area contributed by atoms with E-state index in [2.05, 4.69) is 9.97 Å². The van der Waals surface area contributed by atoms with E-state index in [1.807, 2.05) is 36.4 Å². The highest BCUT2D eigenvalue weighted by atomic mass is 16.5. The van der Waals surface area contributed by atoms with E-state index in [0.717, 1.165) is 16.6 Å². The van der Waals surface area contributed by atoms with Crippen LogP contribution in [0.25, 0.3) is 10.9 Å². The summed E-state index contributed by atoms with van der Waals surface area (Å²) in [6.45, 7) is 0. The second-order valence-corrected chi connectivity index (χ2v) is 5.03. The molecule has 102 valence electrons. The molecule has 0 spiro atoms. The number of aromatic nitrogens is 2. The topological polar surface area (TPSA) is 52.1 Å². The van der Waals surface area contributed by atoms with Gasteiger partial charge in [0.15, 0.2) is 6.10 Å². The van der Waals surface area contributed by atoms with E-state index in [1.165, 1.54) is 0 Å². The monoisotopic (exact) mass is 276 g/mol. The predicted octanol–water partition coefficient (Wildman–Crippen LogP) is 3.08. The molecule has 4 heteroatoms. The molecule has 2 aromatic heterocycles. The van der Waals surface area contributed by atoms with Crippen molar-refractivity contribution in [2.75, 3.05) is 0 Å². The zero-order valence-electron chi connectivity index (χ0n) is 11.2. The van der Waals surface area contributed by atoms with Crippen LogP contribution in [0.5, 0.6) is 0 Å². The van der Waals surface area contributed by atoms with Crippen LogP contribution in [0.3, 0.4) is 0 Å². The number of pyridine rings is 2. The van der Waals surface area contributed by atoms with E-state index in [4.69, 9.17) is 4.74 Å². The van der Waals surface area contributed by atoms with E-state index in [-0.39, 0.29) is 12.1 Å². The SMILES string of the molecule is O=C1O[C@@H](Cc2ccc3ccccc3n2)c2ncccc21. The summed E-state index contributed by atoms with van der Waals surface area (Å²) in [6, 6.07) is 15.5. The number of ether oxygens (including phenoxy) is 1. The number of cyclic esters (lactones) is 1. The van der Waals surface area contributed by atoms with Gasteiger partial charge in [0.2, 0.25) is 0 Å². The normalized spacial score (nSPS) is 16.8. The number of rotatable bonds is 2. The van der Waals surface area contributed by atoms with Gasteiger partial charge in [-0.1, -0.05) is 24.3 Å². The maximum atomic E-state index is 11.8. The van der Waals surface area contributed by atoms with Crippen LogP contribution in [-0.2, 0) is 11.2 Å². The molecule has 4 nitrogen and oxygen atoms in total. The van der Waals surface area contributed by atoms with Crippen molar-refractivity contribution < 1.29 is 9.53 Å². The minimum atomic E-state index is -0.345. The number of carbonyl (C=O) groups excluding carboxylic acids is 1. The van der Waals surface area contributed by atoms with Gasteiger partial charge in [-0.2, -0.15) is 0 Å². The first kappa shape index (κ1) is 12.0. The molecule has 1 aromatic carbocycles. The summed E-state index contributed by atoms with van der Waals surface area (Å²) >= 11 is 0. The molecule has 0 unspecified atom stereocenters. The molecule has 0 radical (unpaired) electrons. The molecular formula is C17H12N2O2. The number of benzene rings is 1. The summed E-state index contributed by atoms with van der Waals surface area (Å²) < 4.78 is 5.41. The molecular weight excluding hydrogens is 264 g/mol. The zero-order valence-corrected chi connectivity index (χ0v) is 11.2. The minimum Gasteiger partial charge on any atom is -0.452 e. The molecule has 0 N–H and O–H groups in total. The molecule has 0 aliphatic carbocycles. The number of nitrogens with zero attached hydrogens (tertiary/aromatic N) is 2. The van der Waals surface area contributed by atoms with Gasteiger partial charge >= 0.3 is 5.97 Å². The summed E-state index contributed by atoms with van der Waals surface area (Å²) in [5.74, 6) is -0.302. The fraction of sp³-hybridized carbons (Fsp3) is 0.118. The van der Waals surface area contributed by atoms with Crippen molar-refractivity contribution in [3.63, 3.8) is 0 Å². The second kappa shape index (κ2) is 4.66. The Morgan fingerprint density at radius 1 is 1.05 bits per heavy atom. The van der Waals surface area contributed by atoms with E-state index < -0.39 is 0 Å². The first-order chi connectivity index (χ1) is 10.3. The third kappa shape index (κ3) is 2.05. The summed E-state index contributed by atoms with van der Waals surface area (Å²) in [6.07, 6.45) is 1.88. The molecule has 0 saturated carbocycles. The van der Waals surface area contributed by atoms with Gasteiger partial charge in [0.05, 0.1) is 16.8 Å². The summed E-state index contributed by atoms with van der Waals surface area (Å²) in [4.78, 5) is 20.7. The van der Waals surface area contributed by atoms with E-state index >= 15 is 0 Å². The highest BCUT2D eigenvalue weighted by molar-refractivity contribution is 5.93. The van der Waals surface area contributed by atoms with Crippen LogP contribution in [0.15, 0.2) is 54.7 Å². The molecule has 0 fully saturated rings. The maximum Gasteiger partial charge on any atom is 0.340 e. The molecule has 1 atom stereocenters. The Kier molecular flexibility index (Phi) is 2.67. The fourth-order valence-corrected chi connectivity index (χ4v) is 2.65. The van der Waals surface area contributed by atoms with Gasteiger partial charge in [-0.3, -0.25) is 9.97 Å². The molecule has 3 aromatic rings. The Balaban J connectivity index is 1.68. The fourth-order valence-electron chi connectivity index (χ4n) is 2.65. The Labute approximate surface area is 121 Å². The molecule has 0 bridgehead atoms. The van der Waals surface area contributed by atoms with Gasteiger partial charge in [-0.15, -0.1) is 0 Å². The van der Waals surface area contributed by atoms with E-state index in [1.54, 1.807) is 18.3 Å². The third-order valence-corrected chi connectivity index (χ3v) is 3.66. The molecule has 4 rings (SSSR count). The van der Waals surface area contributed by atoms with Crippen LogP contribution in [0, 0.1) is 0 Å². The van der Waals surface area contributed by atoms with Crippen LogP contribution in [0.1, 0.15) is 27.8 Å². The van der Waals surface area contributed by atoms with Crippen LogP contribution < -0.4 is 0 Å². The second-order valence-electron chi connectivity index (χ2n) is 5.03. The van der Waals surface area contributed by atoms with Crippen molar-refractivity contribution in [2.24, 2.45) is 0 Å². The van der Waals surface area contributed by atoms with Gasteiger partial charge in [-0.25, -0.2) is 4.79 Å². The summed E-state index contributed by atoms with van der Waals surface area (Å²) in [5, 5.41) is 1.10. The van der Waals surface area contributed by atoms with E-state index in [0.29, 0.717) is 17.7 Å². The quantitative estimate of drug-likeness (QED) is 0.675. The number of carbonyl (C=O) groups is 1. The van der Waals surface area contributed by atoms with Crippen LogP contribution in [0.2, 0.25) is 0 Å². The first-order valence-corrected chi connectivity index (χ1v) is 6.82. The number of esters is 1. The van der Waals surface area contributed by atoms with Crippen molar-refractivity contribution in [3.8, 4) is 0 Å². The maximum absolute atomic E-state index is 11.8. The highest BCUT2D eigenvalue weighted by Gasteiger charge is 2.32. The number of para-hydroxylation sites is 1. The van der Waals surface area contributed by atoms with Crippen LogP contribution >= 0.6 is 0 Å². The Morgan fingerprint density at radius 2 is 1.95 bits per heavy atom. The lowest BCUT2D eigenvalue weighted by molar-refractivity contribution is 0.0380. The molecule has 1 aliphatic heterocycles. The molecule has 0 amide bonds. The Bertz CT molecular complexity index is 845. The van der Waals surface area contributed by atoms with Crippen molar-refractivity contribution in [1.29, 1.82) is 0 Å².